The fraction of sp³-hybridized carbons (Fsp3) is 0.105. The number of rotatable bonds is 6. The predicted molar refractivity (Wildman–Crippen MR) is 102 cm³/mol. The smallest absolute Gasteiger partial charge is 0.329 e. The molecule has 2 N–H and O–H groups in total. The van der Waals surface area contributed by atoms with Gasteiger partial charge in [0.1, 0.15) is 12.2 Å². The average molecular weight is 363 g/mol. The Morgan fingerprint density at radius 1 is 1.07 bits per heavy atom. The van der Waals surface area contributed by atoms with Gasteiger partial charge in [0.2, 0.25) is 11.7 Å². The Kier molecular flexibility index (Phi) is 5.36. The highest BCUT2D eigenvalue weighted by Gasteiger charge is 2.22. The molecular formula is C19H17N5O3. The van der Waals surface area contributed by atoms with E-state index in [-0.39, 0.29) is 17.4 Å². The lowest BCUT2D eigenvalue weighted by atomic mass is 10.2. The number of carbonyl (C=O) groups is 1. The van der Waals surface area contributed by atoms with Crippen molar-refractivity contribution in [3.05, 3.63) is 77.0 Å². The fourth-order valence-corrected chi connectivity index (χ4v) is 2.38. The number of amides is 1. The lowest BCUT2D eigenvalue weighted by Gasteiger charge is -2.15. The monoisotopic (exact) mass is 363 g/mol. The number of carbonyl (C=O) groups excluding carboxylic acids is 1. The molecule has 3 rings (SSSR count). The summed E-state index contributed by atoms with van der Waals surface area (Å²) in [6, 6.07) is 17.3. The van der Waals surface area contributed by atoms with E-state index in [0.29, 0.717) is 11.5 Å². The van der Waals surface area contributed by atoms with Crippen molar-refractivity contribution in [2.75, 3.05) is 10.6 Å². The number of nitrogens with zero attached hydrogens (tertiary/aromatic N) is 3. The van der Waals surface area contributed by atoms with Crippen LogP contribution >= 0.6 is 0 Å². The minimum Gasteiger partial charge on any atom is -0.353 e. The van der Waals surface area contributed by atoms with Gasteiger partial charge in [-0.25, -0.2) is 9.97 Å². The van der Waals surface area contributed by atoms with E-state index < -0.39 is 11.0 Å². The summed E-state index contributed by atoms with van der Waals surface area (Å²) in [5.74, 6) is -0.0145. The highest BCUT2D eigenvalue weighted by Crippen LogP contribution is 2.25. The lowest BCUT2D eigenvalue weighted by molar-refractivity contribution is -0.384. The number of anilines is 2. The van der Waals surface area contributed by atoms with Crippen LogP contribution in [0.4, 0.5) is 17.2 Å². The molecule has 1 heterocycles. The molecule has 0 aliphatic heterocycles. The molecule has 1 aromatic heterocycles. The number of nitrogens with one attached hydrogen (secondary N) is 2. The Labute approximate surface area is 155 Å². The van der Waals surface area contributed by atoms with Crippen LogP contribution in [-0.2, 0) is 4.79 Å². The molecule has 0 saturated carbocycles. The SMILES string of the molecule is CC(Nc1nc(-c2ccccc2)ncc1[N+](=O)[O-])C(=O)Nc1ccccc1. The number of hydrogen-bond donors (Lipinski definition) is 2. The highest BCUT2D eigenvalue weighted by atomic mass is 16.6. The zero-order valence-corrected chi connectivity index (χ0v) is 14.5. The molecule has 0 aliphatic rings. The van der Waals surface area contributed by atoms with Crippen LogP contribution in [0, 0.1) is 10.1 Å². The van der Waals surface area contributed by atoms with Gasteiger partial charge >= 0.3 is 5.69 Å². The third-order valence-corrected chi connectivity index (χ3v) is 3.79. The zero-order chi connectivity index (χ0) is 19.2. The Morgan fingerprint density at radius 2 is 1.70 bits per heavy atom. The largest absolute Gasteiger partial charge is 0.353 e. The van der Waals surface area contributed by atoms with Gasteiger partial charge in [0.25, 0.3) is 0 Å². The first-order valence-electron chi connectivity index (χ1n) is 8.24. The molecule has 8 heteroatoms. The van der Waals surface area contributed by atoms with Gasteiger partial charge in [0, 0.05) is 11.3 Å². The normalized spacial score (nSPS) is 11.4. The van der Waals surface area contributed by atoms with Crippen molar-refractivity contribution in [2.24, 2.45) is 0 Å². The van der Waals surface area contributed by atoms with Crippen LogP contribution in [0.2, 0.25) is 0 Å². The van der Waals surface area contributed by atoms with E-state index in [0.717, 1.165) is 11.8 Å². The van der Waals surface area contributed by atoms with E-state index in [1.54, 1.807) is 43.3 Å². The molecule has 0 bridgehead atoms. The second-order valence-electron chi connectivity index (χ2n) is 5.77. The maximum atomic E-state index is 12.4. The Bertz CT molecular complexity index is 948. The van der Waals surface area contributed by atoms with E-state index in [2.05, 4.69) is 20.6 Å². The van der Waals surface area contributed by atoms with Crippen molar-refractivity contribution in [3.8, 4) is 11.4 Å². The fourth-order valence-electron chi connectivity index (χ4n) is 2.38. The molecule has 3 aromatic rings. The Balaban J connectivity index is 1.83. The number of hydrogen-bond acceptors (Lipinski definition) is 6. The molecule has 0 radical (unpaired) electrons. The molecular weight excluding hydrogens is 346 g/mol. The van der Waals surface area contributed by atoms with Crippen LogP contribution in [0.15, 0.2) is 66.9 Å². The average Bonchev–Trinajstić information content (AvgIpc) is 2.69. The van der Waals surface area contributed by atoms with Gasteiger partial charge in [-0.2, -0.15) is 0 Å². The molecule has 0 saturated heterocycles. The quantitative estimate of drug-likeness (QED) is 0.512. The number of nitro groups is 1. The van der Waals surface area contributed by atoms with Crippen LogP contribution in [0.3, 0.4) is 0 Å². The van der Waals surface area contributed by atoms with E-state index >= 15 is 0 Å². The van der Waals surface area contributed by atoms with Crippen LogP contribution in [0.5, 0.6) is 0 Å². The molecule has 1 unspecified atom stereocenters. The van der Waals surface area contributed by atoms with Gasteiger partial charge in [-0.3, -0.25) is 14.9 Å². The summed E-state index contributed by atoms with van der Waals surface area (Å²) in [7, 11) is 0. The lowest BCUT2D eigenvalue weighted by Crippen LogP contribution is -2.32. The standard InChI is InChI=1S/C19H17N5O3/c1-13(19(25)22-15-10-6-3-7-11-15)21-18-16(24(26)27)12-20-17(23-18)14-8-4-2-5-9-14/h2-13H,1H3,(H,22,25)(H,20,21,23). The van der Waals surface area contributed by atoms with Crippen LogP contribution in [0.25, 0.3) is 11.4 Å². The van der Waals surface area contributed by atoms with Crippen molar-refractivity contribution in [1.29, 1.82) is 0 Å². The number of benzene rings is 2. The molecule has 2 aromatic carbocycles. The van der Waals surface area contributed by atoms with E-state index in [1.165, 1.54) is 0 Å². The first-order chi connectivity index (χ1) is 13.0. The molecule has 0 spiro atoms. The van der Waals surface area contributed by atoms with Gasteiger partial charge in [-0.05, 0) is 19.1 Å². The second-order valence-corrected chi connectivity index (χ2v) is 5.77. The summed E-state index contributed by atoms with van der Waals surface area (Å²) in [6.07, 6.45) is 1.14. The van der Waals surface area contributed by atoms with Gasteiger partial charge in [-0.1, -0.05) is 48.5 Å². The summed E-state index contributed by atoms with van der Waals surface area (Å²) in [4.78, 5) is 31.4. The summed E-state index contributed by atoms with van der Waals surface area (Å²) in [5.41, 5.74) is 1.06. The van der Waals surface area contributed by atoms with E-state index in [1.807, 2.05) is 24.3 Å². The van der Waals surface area contributed by atoms with Gasteiger partial charge in [0.15, 0.2) is 5.82 Å². The molecule has 1 amide bonds. The molecule has 27 heavy (non-hydrogen) atoms. The topological polar surface area (TPSA) is 110 Å². The van der Waals surface area contributed by atoms with Gasteiger partial charge in [0.05, 0.1) is 4.92 Å². The van der Waals surface area contributed by atoms with E-state index in [4.69, 9.17) is 0 Å². The van der Waals surface area contributed by atoms with Gasteiger partial charge < -0.3 is 10.6 Å². The van der Waals surface area contributed by atoms with Gasteiger partial charge in [-0.15, -0.1) is 0 Å². The van der Waals surface area contributed by atoms with Crippen molar-refractivity contribution in [2.45, 2.75) is 13.0 Å². The first kappa shape index (κ1) is 18.0. The molecule has 8 nitrogen and oxygen atoms in total. The van der Waals surface area contributed by atoms with Crippen molar-refractivity contribution < 1.29 is 9.72 Å². The molecule has 136 valence electrons. The number of aromatic nitrogens is 2. The van der Waals surface area contributed by atoms with E-state index in [9.17, 15) is 14.9 Å². The summed E-state index contributed by atoms with van der Waals surface area (Å²) < 4.78 is 0. The van der Waals surface area contributed by atoms with Crippen LogP contribution in [-0.4, -0.2) is 26.8 Å². The molecule has 0 aliphatic carbocycles. The Morgan fingerprint density at radius 3 is 2.33 bits per heavy atom. The Hall–Kier alpha value is -3.81. The summed E-state index contributed by atoms with van der Waals surface area (Å²) in [6.45, 7) is 1.60. The minimum atomic E-state index is -0.748. The maximum Gasteiger partial charge on any atom is 0.329 e. The molecule has 0 fully saturated rings. The third-order valence-electron chi connectivity index (χ3n) is 3.79. The second kappa shape index (κ2) is 8.05. The summed E-state index contributed by atoms with van der Waals surface area (Å²) in [5, 5.41) is 16.9. The maximum absolute atomic E-state index is 12.4. The van der Waals surface area contributed by atoms with Crippen molar-refractivity contribution >= 4 is 23.1 Å². The zero-order valence-electron chi connectivity index (χ0n) is 14.5. The van der Waals surface area contributed by atoms with Crippen LogP contribution in [0.1, 0.15) is 6.92 Å². The summed E-state index contributed by atoms with van der Waals surface area (Å²) >= 11 is 0. The first-order valence-corrected chi connectivity index (χ1v) is 8.24. The minimum absolute atomic E-state index is 0.00966. The van der Waals surface area contributed by atoms with Crippen LogP contribution < -0.4 is 10.6 Å². The number of para-hydroxylation sites is 1. The van der Waals surface area contributed by atoms with Crippen molar-refractivity contribution in [1.82, 2.24) is 9.97 Å². The van der Waals surface area contributed by atoms with Crippen molar-refractivity contribution in [3.63, 3.8) is 0 Å². The highest BCUT2D eigenvalue weighted by molar-refractivity contribution is 5.96. The predicted octanol–water partition coefficient (Wildman–Crippen LogP) is 3.49. The third kappa shape index (κ3) is 4.43. The molecule has 1 atom stereocenters.